The first-order chi connectivity index (χ1) is 15.0. The molecule has 0 spiro atoms. The van der Waals surface area contributed by atoms with E-state index in [1.165, 1.54) is 11.3 Å². The Morgan fingerprint density at radius 2 is 1.55 bits per heavy atom. The molecule has 4 heteroatoms. The number of Topliss-reactive ketones (excluding diaryl/α,β-unsaturated/α-hetero) is 1. The van der Waals surface area contributed by atoms with Gasteiger partial charge in [0.05, 0.1) is 0 Å². The van der Waals surface area contributed by atoms with Crippen LogP contribution < -0.4 is 4.90 Å². The van der Waals surface area contributed by atoms with Crippen molar-refractivity contribution >= 4 is 23.1 Å². The van der Waals surface area contributed by atoms with Crippen LogP contribution in [0.3, 0.4) is 0 Å². The summed E-state index contributed by atoms with van der Waals surface area (Å²) in [6.07, 6.45) is 0.468. The summed E-state index contributed by atoms with van der Waals surface area (Å²) in [6.45, 7) is 7.88. The number of carbonyl (C=O) groups is 1. The number of rotatable bonds is 6. The minimum Gasteiger partial charge on any atom is -0.369 e. The molecule has 1 atom stereocenters. The van der Waals surface area contributed by atoms with Gasteiger partial charge in [-0.05, 0) is 60.9 Å². The summed E-state index contributed by atoms with van der Waals surface area (Å²) in [5, 5.41) is 0.719. The van der Waals surface area contributed by atoms with E-state index in [4.69, 9.17) is 11.6 Å². The Kier molecular flexibility index (Phi) is 6.74. The zero-order valence-electron chi connectivity index (χ0n) is 18.2. The molecule has 1 fully saturated rings. The van der Waals surface area contributed by atoms with Crippen LogP contribution in [0.25, 0.3) is 0 Å². The van der Waals surface area contributed by atoms with Crippen molar-refractivity contribution in [3.63, 3.8) is 0 Å². The lowest BCUT2D eigenvalue weighted by molar-refractivity contribution is 0.0910. The van der Waals surface area contributed by atoms with Crippen molar-refractivity contribution in [2.75, 3.05) is 31.1 Å². The fourth-order valence-corrected chi connectivity index (χ4v) is 4.41. The zero-order valence-corrected chi connectivity index (χ0v) is 19.0. The van der Waals surface area contributed by atoms with Gasteiger partial charge < -0.3 is 4.90 Å². The van der Waals surface area contributed by atoms with Crippen molar-refractivity contribution in [1.29, 1.82) is 0 Å². The van der Waals surface area contributed by atoms with Gasteiger partial charge >= 0.3 is 0 Å². The van der Waals surface area contributed by atoms with Crippen LogP contribution in [0.15, 0.2) is 72.8 Å². The highest BCUT2D eigenvalue weighted by Crippen LogP contribution is 2.29. The molecule has 3 nitrogen and oxygen atoms in total. The molecule has 0 aromatic heterocycles. The summed E-state index contributed by atoms with van der Waals surface area (Å²) in [5.74, 6) is 0.188. The van der Waals surface area contributed by atoms with Gasteiger partial charge in [0, 0.05) is 54.9 Å². The first-order valence-corrected chi connectivity index (χ1v) is 11.3. The minimum absolute atomic E-state index is 0.0456. The highest BCUT2D eigenvalue weighted by molar-refractivity contribution is 6.30. The van der Waals surface area contributed by atoms with Crippen molar-refractivity contribution < 1.29 is 4.79 Å². The van der Waals surface area contributed by atoms with E-state index in [1.54, 1.807) is 0 Å². The molecule has 31 heavy (non-hydrogen) atoms. The Hall–Kier alpha value is -2.62. The molecule has 1 aliphatic rings. The number of anilines is 1. The van der Waals surface area contributed by atoms with E-state index in [9.17, 15) is 4.79 Å². The zero-order chi connectivity index (χ0) is 21.8. The summed E-state index contributed by atoms with van der Waals surface area (Å²) in [6, 6.07) is 24.6. The maximum absolute atomic E-state index is 13.2. The van der Waals surface area contributed by atoms with Gasteiger partial charge in [-0.1, -0.05) is 54.1 Å². The van der Waals surface area contributed by atoms with Crippen molar-refractivity contribution in [3.05, 3.63) is 100 Å². The standard InChI is InChI=1S/C27H29ClN2O/c1-20-8-9-23(18-21(20)2)27(31)19-26(22-10-12-24(28)13-11-22)30-16-14-29(15-17-30)25-6-4-3-5-7-25/h3-13,18,26H,14-17,19H2,1-2H3/t26-/m1/s1. The normalized spacial score (nSPS) is 15.6. The highest BCUT2D eigenvalue weighted by Gasteiger charge is 2.27. The Balaban J connectivity index is 1.53. The molecule has 0 unspecified atom stereocenters. The van der Waals surface area contributed by atoms with Gasteiger partial charge in [0.25, 0.3) is 0 Å². The molecule has 160 valence electrons. The van der Waals surface area contributed by atoms with E-state index in [0.29, 0.717) is 6.42 Å². The molecule has 0 saturated carbocycles. The van der Waals surface area contributed by atoms with Gasteiger partial charge in [-0.2, -0.15) is 0 Å². The predicted octanol–water partition coefficient (Wildman–Crippen LogP) is 6.09. The second-order valence-electron chi connectivity index (χ2n) is 8.35. The van der Waals surface area contributed by atoms with Crippen LogP contribution in [-0.2, 0) is 0 Å². The van der Waals surface area contributed by atoms with Gasteiger partial charge in [-0.25, -0.2) is 0 Å². The number of carbonyl (C=O) groups excluding carboxylic acids is 1. The van der Waals surface area contributed by atoms with E-state index in [1.807, 2.05) is 30.3 Å². The smallest absolute Gasteiger partial charge is 0.164 e. The number of hydrogen-bond donors (Lipinski definition) is 0. The maximum atomic E-state index is 13.2. The molecule has 1 heterocycles. The second kappa shape index (κ2) is 9.67. The molecule has 1 saturated heterocycles. The predicted molar refractivity (Wildman–Crippen MR) is 129 cm³/mol. The van der Waals surface area contributed by atoms with E-state index in [-0.39, 0.29) is 11.8 Å². The lowest BCUT2D eigenvalue weighted by Gasteiger charge is -2.40. The molecule has 0 bridgehead atoms. The molecular weight excluding hydrogens is 404 g/mol. The van der Waals surface area contributed by atoms with Crippen molar-refractivity contribution in [2.45, 2.75) is 26.3 Å². The summed E-state index contributed by atoms with van der Waals surface area (Å²) in [7, 11) is 0. The summed E-state index contributed by atoms with van der Waals surface area (Å²) in [4.78, 5) is 18.1. The Morgan fingerprint density at radius 1 is 0.871 bits per heavy atom. The maximum Gasteiger partial charge on any atom is 0.164 e. The van der Waals surface area contributed by atoms with Crippen LogP contribution >= 0.6 is 11.6 Å². The number of para-hydroxylation sites is 1. The molecule has 0 amide bonds. The third-order valence-electron chi connectivity index (χ3n) is 6.34. The van der Waals surface area contributed by atoms with Crippen molar-refractivity contribution in [1.82, 2.24) is 4.90 Å². The first-order valence-electron chi connectivity index (χ1n) is 10.9. The average Bonchev–Trinajstić information content (AvgIpc) is 2.80. The van der Waals surface area contributed by atoms with Crippen LogP contribution in [0.1, 0.15) is 39.5 Å². The van der Waals surface area contributed by atoms with Crippen molar-refractivity contribution in [3.8, 4) is 0 Å². The third kappa shape index (κ3) is 5.17. The summed E-state index contributed by atoms with van der Waals surface area (Å²) < 4.78 is 0. The lowest BCUT2D eigenvalue weighted by atomic mass is 9.94. The average molecular weight is 433 g/mol. The monoisotopic (exact) mass is 432 g/mol. The largest absolute Gasteiger partial charge is 0.369 e. The molecule has 3 aromatic rings. The summed E-state index contributed by atoms with van der Waals surface area (Å²) >= 11 is 6.14. The number of piperazine rings is 1. The van der Waals surface area contributed by atoms with E-state index >= 15 is 0 Å². The number of benzene rings is 3. The van der Waals surface area contributed by atoms with Gasteiger partial charge in [0.15, 0.2) is 5.78 Å². The first kappa shape index (κ1) is 21.6. The number of nitrogens with zero attached hydrogens (tertiary/aromatic N) is 2. The Bertz CT molecular complexity index is 1020. The van der Waals surface area contributed by atoms with Gasteiger partial charge in [0.1, 0.15) is 0 Å². The Morgan fingerprint density at radius 3 is 2.19 bits per heavy atom. The number of ketones is 1. The Labute approximate surface area is 190 Å². The van der Waals surface area contributed by atoms with Gasteiger partial charge in [-0.15, -0.1) is 0 Å². The molecule has 3 aromatic carbocycles. The fraction of sp³-hybridized carbons (Fsp3) is 0.296. The molecular formula is C27H29ClN2O. The molecule has 0 aliphatic carbocycles. The topological polar surface area (TPSA) is 23.6 Å². The van der Waals surface area contributed by atoms with Crippen LogP contribution in [0, 0.1) is 13.8 Å². The number of halogens is 1. The SMILES string of the molecule is Cc1ccc(C(=O)C[C@H](c2ccc(Cl)cc2)N2CCN(c3ccccc3)CC2)cc1C. The van der Waals surface area contributed by atoms with E-state index in [2.05, 4.69) is 66.1 Å². The molecule has 4 rings (SSSR count). The number of hydrogen-bond acceptors (Lipinski definition) is 3. The summed E-state index contributed by atoms with van der Waals surface area (Å²) in [5.41, 5.74) is 5.57. The van der Waals surface area contributed by atoms with Gasteiger partial charge in [-0.3, -0.25) is 9.69 Å². The quantitative estimate of drug-likeness (QED) is 0.440. The van der Waals surface area contributed by atoms with Crippen molar-refractivity contribution in [2.24, 2.45) is 0 Å². The van der Waals surface area contributed by atoms with Crippen LogP contribution in [-0.4, -0.2) is 36.9 Å². The molecule has 1 aliphatic heterocycles. The third-order valence-corrected chi connectivity index (χ3v) is 6.59. The highest BCUT2D eigenvalue weighted by atomic mass is 35.5. The van der Waals surface area contributed by atoms with E-state index in [0.717, 1.165) is 47.9 Å². The molecule has 0 radical (unpaired) electrons. The van der Waals surface area contributed by atoms with Crippen LogP contribution in [0.2, 0.25) is 5.02 Å². The van der Waals surface area contributed by atoms with E-state index < -0.39 is 0 Å². The lowest BCUT2D eigenvalue weighted by Crippen LogP contribution is -2.48. The van der Waals surface area contributed by atoms with Crippen LogP contribution in [0.4, 0.5) is 5.69 Å². The minimum atomic E-state index is 0.0456. The van der Waals surface area contributed by atoms with Gasteiger partial charge in [0.2, 0.25) is 0 Å². The second-order valence-corrected chi connectivity index (χ2v) is 8.79. The van der Waals surface area contributed by atoms with Crippen LogP contribution in [0.5, 0.6) is 0 Å². The fourth-order valence-electron chi connectivity index (χ4n) is 4.28. The molecule has 0 N–H and O–H groups in total. The number of aryl methyl sites for hydroxylation is 2.